The van der Waals surface area contributed by atoms with Gasteiger partial charge in [-0.2, -0.15) is 4.68 Å². The van der Waals surface area contributed by atoms with E-state index in [1.807, 2.05) is 0 Å². The average Bonchev–Trinajstić information content (AvgIpc) is 3.09. The Balaban J connectivity index is 1.79. The Morgan fingerprint density at radius 3 is 2.61 bits per heavy atom. The molecule has 0 saturated carbocycles. The third-order valence-corrected chi connectivity index (χ3v) is 5.46. The van der Waals surface area contributed by atoms with Crippen molar-refractivity contribution in [2.75, 3.05) is 4.72 Å². The lowest BCUT2D eigenvalue weighted by molar-refractivity contribution is 0.598. The van der Waals surface area contributed by atoms with Gasteiger partial charge in [0.25, 0.3) is 10.0 Å². The molecule has 0 spiro atoms. The molecule has 11 heteroatoms. The first-order chi connectivity index (χ1) is 13.4. The number of benzene rings is 2. The van der Waals surface area contributed by atoms with Gasteiger partial charge in [-0.25, -0.2) is 17.2 Å². The summed E-state index contributed by atoms with van der Waals surface area (Å²) in [7, 11) is -4.23. The van der Waals surface area contributed by atoms with Crippen LogP contribution >= 0.6 is 0 Å². The predicted octanol–water partition coefficient (Wildman–Crippen LogP) is 2.60. The van der Waals surface area contributed by atoms with E-state index >= 15 is 0 Å². The minimum Gasteiger partial charge on any atom is -0.277 e. The number of aromatic nitrogens is 5. The van der Waals surface area contributed by atoms with Crippen molar-refractivity contribution in [1.29, 1.82) is 0 Å². The van der Waals surface area contributed by atoms with Crippen molar-refractivity contribution in [2.45, 2.75) is 11.8 Å². The number of aryl methyl sites for hydroxylation is 1. The molecule has 0 aliphatic carbocycles. The van der Waals surface area contributed by atoms with Gasteiger partial charge in [-0.3, -0.25) is 9.71 Å². The van der Waals surface area contributed by atoms with Crippen LogP contribution in [-0.2, 0) is 10.0 Å². The van der Waals surface area contributed by atoms with Gasteiger partial charge >= 0.3 is 0 Å². The monoisotopic (exact) mass is 402 g/mol. The molecule has 0 aliphatic heterocycles. The normalized spacial score (nSPS) is 11.7. The van der Waals surface area contributed by atoms with Crippen LogP contribution in [0.1, 0.15) is 5.82 Å². The van der Waals surface area contributed by atoms with Crippen LogP contribution in [0.4, 0.5) is 14.5 Å². The highest BCUT2D eigenvalue weighted by Gasteiger charge is 2.21. The zero-order valence-corrected chi connectivity index (χ0v) is 15.2. The van der Waals surface area contributed by atoms with Gasteiger partial charge in [-0.15, -0.1) is 5.10 Å². The van der Waals surface area contributed by atoms with Crippen LogP contribution in [-0.4, -0.2) is 33.6 Å². The molecule has 0 fully saturated rings. The van der Waals surface area contributed by atoms with Crippen LogP contribution in [0.3, 0.4) is 0 Å². The third kappa shape index (κ3) is 3.05. The maximum absolute atomic E-state index is 14.3. The van der Waals surface area contributed by atoms with Crippen molar-refractivity contribution in [3.8, 4) is 5.69 Å². The van der Waals surface area contributed by atoms with Gasteiger partial charge in [0.15, 0.2) is 5.82 Å². The fraction of sp³-hybridized carbons (Fsp3) is 0.0588. The molecule has 8 nitrogen and oxygen atoms in total. The number of rotatable bonds is 4. The summed E-state index contributed by atoms with van der Waals surface area (Å²) in [6.07, 6.45) is 1.35. The zero-order chi connectivity index (χ0) is 19.9. The van der Waals surface area contributed by atoms with Crippen LogP contribution in [0.15, 0.2) is 53.6 Å². The Bertz CT molecular complexity index is 1310. The van der Waals surface area contributed by atoms with Crippen LogP contribution in [0.25, 0.3) is 16.6 Å². The molecule has 1 N–H and O–H groups in total. The molecule has 0 saturated heterocycles. The Kier molecular flexibility index (Phi) is 4.23. The number of hydrogen-bond donors (Lipinski definition) is 1. The molecule has 2 aromatic carbocycles. The van der Waals surface area contributed by atoms with Gasteiger partial charge in [-0.05, 0) is 59.8 Å². The lowest BCUT2D eigenvalue weighted by Crippen LogP contribution is -2.15. The van der Waals surface area contributed by atoms with Crippen molar-refractivity contribution in [3.63, 3.8) is 0 Å². The largest absolute Gasteiger partial charge is 0.277 e. The number of hydrogen-bond acceptors (Lipinski definition) is 6. The fourth-order valence-corrected chi connectivity index (χ4v) is 4.00. The predicted molar refractivity (Wildman–Crippen MR) is 96.4 cm³/mol. The molecule has 4 rings (SSSR count). The molecule has 2 aromatic heterocycles. The van der Waals surface area contributed by atoms with Gasteiger partial charge in [0.1, 0.15) is 17.2 Å². The molecule has 0 atom stereocenters. The van der Waals surface area contributed by atoms with Crippen molar-refractivity contribution in [3.05, 3.63) is 66.1 Å². The highest BCUT2D eigenvalue weighted by molar-refractivity contribution is 7.93. The molecule has 0 aliphatic rings. The first-order valence-electron chi connectivity index (χ1n) is 7.98. The van der Waals surface area contributed by atoms with Crippen LogP contribution in [0.5, 0.6) is 0 Å². The number of nitrogens with one attached hydrogen (secondary N) is 1. The maximum atomic E-state index is 14.3. The molecular weight excluding hydrogens is 390 g/mol. The van der Waals surface area contributed by atoms with Crippen LogP contribution < -0.4 is 4.72 Å². The van der Waals surface area contributed by atoms with Crippen molar-refractivity contribution in [1.82, 2.24) is 25.2 Å². The molecule has 0 amide bonds. The standard InChI is InChI=1S/C17H12F2N6O2S/c1-10-21-23-24-25(10)11-4-5-13(18)15(9-11)22-28(26,27)16-7-6-14(19)17-12(16)3-2-8-20-17/h2-9,22H,1H3. The molecule has 0 unspecified atom stereocenters. The van der Waals surface area contributed by atoms with E-state index in [1.165, 1.54) is 35.1 Å². The van der Waals surface area contributed by atoms with Crippen molar-refractivity contribution >= 4 is 26.6 Å². The van der Waals surface area contributed by atoms with Crippen molar-refractivity contribution in [2.24, 2.45) is 0 Å². The zero-order valence-electron chi connectivity index (χ0n) is 14.3. The van der Waals surface area contributed by atoms with E-state index in [4.69, 9.17) is 0 Å². The summed E-state index contributed by atoms with van der Waals surface area (Å²) in [5, 5.41) is 11.1. The summed E-state index contributed by atoms with van der Waals surface area (Å²) < 4.78 is 57.5. The number of pyridine rings is 1. The molecule has 28 heavy (non-hydrogen) atoms. The SMILES string of the molecule is Cc1nnnn1-c1ccc(F)c(NS(=O)(=O)c2ccc(F)c3ncccc23)c1. The van der Waals surface area contributed by atoms with E-state index in [-0.39, 0.29) is 21.5 Å². The van der Waals surface area contributed by atoms with E-state index in [9.17, 15) is 17.2 Å². The number of halogens is 2. The minimum absolute atomic E-state index is 0.0860. The summed E-state index contributed by atoms with van der Waals surface area (Å²) in [6.45, 7) is 1.64. The minimum atomic E-state index is -4.23. The summed E-state index contributed by atoms with van der Waals surface area (Å²) in [6, 6.07) is 8.79. The van der Waals surface area contributed by atoms with Gasteiger partial charge < -0.3 is 0 Å². The Labute approximate surface area is 157 Å². The summed E-state index contributed by atoms with van der Waals surface area (Å²) in [4.78, 5) is 3.65. The van der Waals surface area contributed by atoms with Gasteiger partial charge in [-0.1, -0.05) is 0 Å². The van der Waals surface area contributed by atoms with E-state index < -0.39 is 21.7 Å². The lowest BCUT2D eigenvalue weighted by atomic mass is 10.2. The second-order valence-electron chi connectivity index (χ2n) is 5.85. The second kappa shape index (κ2) is 6.60. The maximum Gasteiger partial charge on any atom is 0.262 e. The summed E-state index contributed by atoms with van der Waals surface area (Å²) in [5.41, 5.74) is -0.0232. The molecule has 4 aromatic rings. The average molecular weight is 402 g/mol. The molecular formula is C17H12F2N6O2S. The van der Waals surface area contributed by atoms with E-state index in [0.717, 1.165) is 18.2 Å². The van der Waals surface area contributed by atoms with E-state index in [2.05, 4.69) is 25.2 Å². The van der Waals surface area contributed by atoms with Crippen LogP contribution in [0.2, 0.25) is 0 Å². The van der Waals surface area contributed by atoms with Gasteiger partial charge in [0.05, 0.1) is 16.3 Å². The lowest BCUT2D eigenvalue weighted by Gasteiger charge is -2.12. The summed E-state index contributed by atoms with van der Waals surface area (Å²) >= 11 is 0. The molecule has 142 valence electrons. The fourth-order valence-electron chi connectivity index (χ4n) is 2.74. The summed E-state index contributed by atoms with van der Waals surface area (Å²) in [5.74, 6) is -1.00. The number of tetrazole rings is 1. The number of fused-ring (bicyclic) bond motifs is 1. The first-order valence-corrected chi connectivity index (χ1v) is 9.46. The highest BCUT2D eigenvalue weighted by Crippen LogP contribution is 2.27. The van der Waals surface area contributed by atoms with Gasteiger partial charge in [0.2, 0.25) is 0 Å². The first kappa shape index (κ1) is 17.9. The smallest absolute Gasteiger partial charge is 0.262 e. The second-order valence-corrected chi connectivity index (χ2v) is 7.50. The molecule has 0 bridgehead atoms. The van der Waals surface area contributed by atoms with Crippen LogP contribution in [0, 0.1) is 18.6 Å². The Hall–Kier alpha value is -3.47. The number of sulfonamides is 1. The topological polar surface area (TPSA) is 103 Å². The molecule has 0 radical (unpaired) electrons. The Morgan fingerprint density at radius 1 is 1.07 bits per heavy atom. The Morgan fingerprint density at radius 2 is 1.86 bits per heavy atom. The molecule has 2 heterocycles. The van der Waals surface area contributed by atoms with Gasteiger partial charge in [0, 0.05) is 11.6 Å². The third-order valence-electron chi connectivity index (χ3n) is 4.03. The van der Waals surface area contributed by atoms with Crippen molar-refractivity contribution < 1.29 is 17.2 Å². The van der Waals surface area contributed by atoms with E-state index in [1.54, 1.807) is 6.92 Å². The number of anilines is 1. The quantitative estimate of drug-likeness (QED) is 0.563. The van der Waals surface area contributed by atoms with E-state index in [0.29, 0.717) is 11.5 Å². The number of nitrogens with zero attached hydrogens (tertiary/aromatic N) is 5. The highest BCUT2D eigenvalue weighted by atomic mass is 32.2.